The van der Waals surface area contributed by atoms with Gasteiger partial charge in [0.05, 0.1) is 24.8 Å². The number of aryl methyl sites for hydroxylation is 2. The van der Waals surface area contributed by atoms with Crippen molar-refractivity contribution in [3.05, 3.63) is 23.7 Å². The van der Waals surface area contributed by atoms with Crippen molar-refractivity contribution in [2.24, 2.45) is 7.05 Å². The molecule has 0 spiro atoms. The van der Waals surface area contributed by atoms with Gasteiger partial charge in [0.2, 0.25) is 10.8 Å². The first-order valence-electron chi connectivity index (χ1n) is 10.8. The van der Waals surface area contributed by atoms with Gasteiger partial charge in [0.15, 0.2) is 5.82 Å². The predicted octanol–water partition coefficient (Wildman–Crippen LogP) is 1.03. The summed E-state index contributed by atoms with van der Waals surface area (Å²) in [5.41, 5.74) is 1.66. The molecule has 1 atom stereocenters. The van der Waals surface area contributed by atoms with Gasteiger partial charge in [-0.05, 0) is 12.8 Å². The third kappa shape index (κ3) is 3.98. The number of esters is 1. The van der Waals surface area contributed by atoms with Crippen LogP contribution in [0.1, 0.15) is 28.9 Å². The van der Waals surface area contributed by atoms with E-state index in [1.165, 1.54) is 16.8 Å². The highest BCUT2D eigenvalue weighted by molar-refractivity contribution is 7.96. The predicted molar refractivity (Wildman–Crippen MR) is 119 cm³/mol. The molecular formula is C21H29N6O3S+. The number of aromatic nitrogens is 4. The molecule has 1 unspecified atom stereocenters. The molecule has 2 aromatic heterocycles. The van der Waals surface area contributed by atoms with E-state index in [0.717, 1.165) is 50.0 Å². The Balaban J connectivity index is 1.31. The second kappa shape index (κ2) is 8.31. The molecule has 2 aromatic rings. The van der Waals surface area contributed by atoms with E-state index in [9.17, 15) is 4.79 Å². The molecule has 0 bridgehead atoms. The van der Waals surface area contributed by atoms with Gasteiger partial charge in [-0.3, -0.25) is 4.68 Å². The molecule has 0 saturated carbocycles. The Hall–Kier alpha value is -2.33. The van der Waals surface area contributed by atoms with Crippen molar-refractivity contribution in [1.82, 2.24) is 19.7 Å². The summed E-state index contributed by atoms with van der Waals surface area (Å²) in [6.45, 7) is 2.85. The maximum atomic E-state index is 12.3. The number of anilines is 2. The van der Waals surface area contributed by atoms with Crippen LogP contribution in [-0.2, 0) is 33.8 Å². The fraction of sp³-hybridized carbons (Fsp3) is 0.619. The normalized spacial score (nSPS) is 21.6. The molecule has 2 fully saturated rings. The molecule has 0 amide bonds. The fourth-order valence-electron chi connectivity index (χ4n) is 4.40. The minimum absolute atomic E-state index is 0.151. The number of rotatable bonds is 5. The lowest BCUT2D eigenvalue weighted by molar-refractivity contribution is 0.0231. The van der Waals surface area contributed by atoms with Gasteiger partial charge in [-0.25, -0.2) is 9.78 Å². The second-order valence-electron chi connectivity index (χ2n) is 8.50. The van der Waals surface area contributed by atoms with E-state index >= 15 is 0 Å². The Morgan fingerprint density at radius 2 is 2.06 bits per heavy atom. The van der Waals surface area contributed by atoms with Crippen LogP contribution >= 0.6 is 0 Å². The Bertz CT molecular complexity index is 970. The van der Waals surface area contributed by atoms with E-state index in [1.54, 1.807) is 17.9 Å². The molecule has 2 saturated heterocycles. The van der Waals surface area contributed by atoms with Crippen LogP contribution < -0.4 is 9.80 Å². The van der Waals surface area contributed by atoms with Gasteiger partial charge >= 0.3 is 5.97 Å². The lowest BCUT2D eigenvalue weighted by atomic mass is 10.1. The van der Waals surface area contributed by atoms with Crippen molar-refractivity contribution in [3.8, 4) is 0 Å². The first kappa shape index (κ1) is 20.6. The lowest BCUT2D eigenvalue weighted by Crippen LogP contribution is -2.54. The summed E-state index contributed by atoms with van der Waals surface area (Å²) in [5, 5.41) is 4.03. The fourth-order valence-corrected chi connectivity index (χ4v) is 6.15. The molecule has 3 aliphatic heterocycles. The highest BCUT2D eigenvalue weighted by atomic mass is 32.2. The number of nitrogens with zero attached hydrogens (tertiary/aromatic N) is 6. The first-order chi connectivity index (χ1) is 15.0. The molecule has 0 aromatic carbocycles. The Morgan fingerprint density at radius 1 is 1.29 bits per heavy atom. The van der Waals surface area contributed by atoms with E-state index in [0.29, 0.717) is 24.7 Å². The van der Waals surface area contributed by atoms with Crippen LogP contribution in [-0.4, -0.2) is 83.2 Å². The summed E-state index contributed by atoms with van der Waals surface area (Å²) in [6, 6.07) is 0.447. The monoisotopic (exact) mass is 445 g/mol. The van der Waals surface area contributed by atoms with E-state index in [4.69, 9.17) is 19.4 Å². The van der Waals surface area contributed by atoms with Crippen LogP contribution in [0.4, 0.5) is 11.8 Å². The summed E-state index contributed by atoms with van der Waals surface area (Å²) in [4.78, 5) is 28.0. The summed E-state index contributed by atoms with van der Waals surface area (Å²) >= 11 is 0. The summed E-state index contributed by atoms with van der Waals surface area (Å²) in [6.07, 6.45) is 8.41. The molecule has 0 N–H and O–H groups in total. The summed E-state index contributed by atoms with van der Waals surface area (Å²) < 4.78 is 12.8. The topological polar surface area (TPSA) is 85.6 Å². The van der Waals surface area contributed by atoms with Crippen molar-refractivity contribution in [3.63, 3.8) is 0 Å². The van der Waals surface area contributed by atoms with Gasteiger partial charge in [-0.1, -0.05) is 0 Å². The van der Waals surface area contributed by atoms with Gasteiger partial charge in [0.1, 0.15) is 23.8 Å². The van der Waals surface area contributed by atoms with Gasteiger partial charge in [-0.2, -0.15) is 10.1 Å². The molecule has 5 rings (SSSR count). The zero-order chi connectivity index (χ0) is 21.5. The average Bonchev–Trinajstić information content (AvgIpc) is 3.35. The van der Waals surface area contributed by atoms with Crippen molar-refractivity contribution in [2.45, 2.75) is 36.3 Å². The molecule has 0 aliphatic carbocycles. The molecule has 0 radical (unpaired) electrons. The maximum absolute atomic E-state index is 12.3. The Labute approximate surface area is 185 Å². The number of carbonyl (C=O) groups excluding carboxylic acids is 1. The molecule has 5 heterocycles. The molecule has 166 valence electrons. The lowest BCUT2D eigenvalue weighted by Gasteiger charge is -2.39. The van der Waals surface area contributed by atoms with Crippen LogP contribution in [0.15, 0.2) is 17.3 Å². The van der Waals surface area contributed by atoms with E-state index < -0.39 is 0 Å². The molecule has 10 heteroatoms. The van der Waals surface area contributed by atoms with Gasteiger partial charge in [-0.15, -0.1) is 0 Å². The maximum Gasteiger partial charge on any atom is 0.341 e. The van der Waals surface area contributed by atoms with E-state index in [1.807, 2.05) is 0 Å². The van der Waals surface area contributed by atoms with E-state index in [2.05, 4.69) is 28.2 Å². The zero-order valence-electron chi connectivity index (χ0n) is 18.3. The highest BCUT2D eigenvalue weighted by Gasteiger charge is 2.40. The van der Waals surface area contributed by atoms with Gasteiger partial charge in [0.25, 0.3) is 0 Å². The smallest absolute Gasteiger partial charge is 0.341 e. The van der Waals surface area contributed by atoms with Gasteiger partial charge < -0.3 is 19.3 Å². The second-order valence-corrected chi connectivity index (χ2v) is 10.6. The minimum Gasteiger partial charge on any atom is -0.455 e. The molecule has 9 nitrogen and oxygen atoms in total. The Kier molecular flexibility index (Phi) is 5.51. The van der Waals surface area contributed by atoms with E-state index in [-0.39, 0.29) is 23.0 Å². The Morgan fingerprint density at radius 3 is 2.77 bits per heavy atom. The number of ether oxygens (including phenoxy) is 2. The standard InChI is InChI=1S/C21H29N6O3S/c1-25-11-14(10-22-25)20(28)30-16-12-27(13-16)21-23-17-6-9-31(3)18(17)19(24-21)26(2)15-4-7-29-8-5-15/h10-11,15-16H,4-9,12-13H2,1-3H3/q+1. The van der Waals surface area contributed by atoms with Crippen LogP contribution in [0.3, 0.4) is 0 Å². The zero-order valence-corrected chi connectivity index (χ0v) is 19.1. The third-order valence-electron chi connectivity index (χ3n) is 6.32. The quantitative estimate of drug-likeness (QED) is 0.498. The number of fused-ring (bicyclic) bond motifs is 1. The average molecular weight is 446 g/mol. The van der Waals surface area contributed by atoms with Crippen LogP contribution in [0.25, 0.3) is 0 Å². The van der Waals surface area contributed by atoms with Crippen LogP contribution in [0.5, 0.6) is 0 Å². The largest absolute Gasteiger partial charge is 0.455 e. The summed E-state index contributed by atoms with van der Waals surface area (Å²) in [7, 11) is 4.12. The van der Waals surface area contributed by atoms with Crippen molar-refractivity contribution < 1.29 is 14.3 Å². The third-order valence-corrected chi connectivity index (χ3v) is 8.25. The molecule has 31 heavy (non-hydrogen) atoms. The minimum atomic E-state index is -0.331. The number of hydrogen-bond donors (Lipinski definition) is 0. The van der Waals surface area contributed by atoms with Crippen LogP contribution in [0.2, 0.25) is 0 Å². The molecular weight excluding hydrogens is 416 g/mol. The number of hydrogen-bond acceptors (Lipinski definition) is 8. The highest BCUT2D eigenvalue weighted by Crippen LogP contribution is 2.36. The molecule has 3 aliphatic rings. The van der Waals surface area contributed by atoms with Crippen molar-refractivity contribution in [2.75, 3.05) is 55.2 Å². The van der Waals surface area contributed by atoms with Crippen LogP contribution in [0, 0.1) is 0 Å². The van der Waals surface area contributed by atoms with Gasteiger partial charge in [0, 0.05) is 56.9 Å². The first-order valence-corrected chi connectivity index (χ1v) is 12.6. The SMILES string of the molecule is CN(c1nc(N2CC(OC(=O)c3cnn(C)c3)C2)nc2c1[S+](C)CC2)C1CCOCC1. The van der Waals surface area contributed by atoms with Crippen molar-refractivity contribution in [1.29, 1.82) is 0 Å². The summed E-state index contributed by atoms with van der Waals surface area (Å²) in [5.74, 6) is 2.64. The number of carbonyl (C=O) groups is 1. The van der Waals surface area contributed by atoms with Crippen molar-refractivity contribution >= 4 is 28.6 Å².